The molecule has 1 amide bonds. The SMILES string of the molecule is O=C(Nc1ccc(OCc2ccccc2)cc1)c1ccc2c(c1)OCO2. The molecule has 26 heavy (non-hydrogen) atoms. The molecule has 1 heterocycles. The van der Waals surface area contributed by atoms with Gasteiger partial charge in [0.25, 0.3) is 5.91 Å². The van der Waals surface area contributed by atoms with Crippen LogP contribution in [0.1, 0.15) is 15.9 Å². The van der Waals surface area contributed by atoms with Crippen molar-refractivity contribution >= 4 is 11.6 Å². The maximum atomic E-state index is 12.4. The Bertz CT molecular complexity index is 907. The maximum absolute atomic E-state index is 12.4. The molecule has 1 aliphatic rings. The lowest BCUT2D eigenvalue weighted by atomic mass is 10.2. The van der Waals surface area contributed by atoms with Gasteiger partial charge in [-0.1, -0.05) is 30.3 Å². The summed E-state index contributed by atoms with van der Waals surface area (Å²) in [4.78, 5) is 12.4. The van der Waals surface area contributed by atoms with Crippen molar-refractivity contribution in [2.75, 3.05) is 12.1 Å². The normalized spacial score (nSPS) is 11.8. The maximum Gasteiger partial charge on any atom is 0.255 e. The molecule has 0 aromatic heterocycles. The minimum Gasteiger partial charge on any atom is -0.489 e. The van der Waals surface area contributed by atoms with Crippen LogP contribution in [0.25, 0.3) is 0 Å². The second-order valence-corrected chi connectivity index (χ2v) is 5.82. The molecule has 5 heteroatoms. The van der Waals surface area contributed by atoms with Gasteiger partial charge in [-0.15, -0.1) is 0 Å². The van der Waals surface area contributed by atoms with Crippen molar-refractivity contribution < 1.29 is 19.0 Å². The summed E-state index contributed by atoms with van der Waals surface area (Å²) in [5.41, 5.74) is 2.31. The third kappa shape index (κ3) is 3.62. The Morgan fingerprint density at radius 3 is 2.50 bits per heavy atom. The highest BCUT2D eigenvalue weighted by Crippen LogP contribution is 2.32. The molecule has 0 saturated carbocycles. The van der Waals surface area contributed by atoms with Gasteiger partial charge in [0.05, 0.1) is 0 Å². The van der Waals surface area contributed by atoms with Crippen molar-refractivity contribution in [2.24, 2.45) is 0 Å². The van der Waals surface area contributed by atoms with E-state index in [9.17, 15) is 4.79 Å². The van der Waals surface area contributed by atoms with Crippen molar-refractivity contribution in [1.29, 1.82) is 0 Å². The number of fused-ring (bicyclic) bond motifs is 1. The number of rotatable bonds is 5. The van der Waals surface area contributed by atoms with Crippen molar-refractivity contribution in [1.82, 2.24) is 0 Å². The van der Waals surface area contributed by atoms with E-state index in [-0.39, 0.29) is 12.7 Å². The standard InChI is InChI=1S/C21H17NO4/c23-21(16-6-11-19-20(12-16)26-14-25-19)22-17-7-9-18(10-8-17)24-13-15-4-2-1-3-5-15/h1-12H,13-14H2,(H,22,23). The molecule has 5 nitrogen and oxygen atoms in total. The lowest BCUT2D eigenvalue weighted by Gasteiger charge is -2.09. The molecule has 0 fully saturated rings. The average molecular weight is 347 g/mol. The smallest absolute Gasteiger partial charge is 0.255 e. The van der Waals surface area contributed by atoms with Crippen LogP contribution in [-0.2, 0) is 6.61 Å². The largest absolute Gasteiger partial charge is 0.489 e. The van der Waals surface area contributed by atoms with Crippen LogP contribution in [0.2, 0.25) is 0 Å². The first kappa shape index (κ1) is 16.0. The van der Waals surface area contributed by atoms with Gasteiger partial charge in [0.1, 0.15) is 12.4 Å². The Balaban J connectivity index is 1.37. The van der Waals surface area contributed by atoms with Crippen molar-refractivity contribution in [3.8, 4) is 17.2 Å². The minimum absolute atomic E-state index is 0.185. The Morgan fingerprint density at radius 2 is 1.69 bits per heavy atom. The zero-order chi connectivity index (χ0) is 17.8. The Hall–Kier alpha value is -3.47. The van der Waals surface area contributed by atoms with E-state index < -0.39 is 0 Å². The van der Waals surface area contributed by atoms with E-state index in [1.807, 2.05) is 54.6 Å². The molecule has 3 aromatic carbocycles. The third-order valence-corrected chi connectivity index (χ3v) is 4.00. The molecular formula is C21H17NO4. The molecule has 0 bridgehead atoms. The van der Waals surface area contributed by atoms with Gasteiger partial charge in [0.2, 0.25) is 6.79 Å². The minimum atomic E-state index is -0.207. The van der Waals surface area contributed by atoms with Crippen LogP contribution in [0.15, 0.2) is 72.8 Å². The fourth-order valence-corrected chi connectivity index (χ4v) is 2.62. The predicted molar refractivity (Wildman–Crippen MR) is 97.7 cm³/mol. The first-order chi connectivity index (χ1) is 12.8. The highest BCUT2D eigenvalue weighted by molar-refractivity contribution is 6.04. The molecule has 0 unspecified atom stereocenters. The zero-order valence-electron chi connectivity index (χ0n) is 14.0. The average Bonchev–Trinajstić information content (AvgIpc) is 3.16. The summed E-state index contributed by atoms with van der Waals surface area (Å²) in [6, 6.07) is 22.4. The summed E-state index contributed by atoms with van der Waals surface area (Å²) < 4.78 is 16.3. The van der Waals surface area contributed by atoms with E-state index in [1.165, 1.54) is 0 Å². The van der Waals surface area contributed by atoms with Gasteiger partial charge in [-0.2, -0.15) is 0 Å². The summed E-state index contributed by atoms with van der Waals surface area (Å²) in [5, 5.41) is 2.86. The van der Waals surface area contributed by atoms with Gasteiger partial charge in [0.15, 0.2) is 11.5 Å². The predicted octanol–water partition coefficient (Wildman–Crippen LogP) is 4.25. The fraction of sp³-hybridized carbons (Fsp3) is 0.0952. The molecule has 0 atom stereocenters. The number of hydrogen-bond donors (Lipinski definition) is 1. The van der Waals surface area contributed by atoms with Gasteiger partial charge in [-0.25, -0.2) is 0 Å². The topological polar surface area (TPSA) is 56.8 Å². The van der Waals surface area contributed by atoms with E-state index in [0.717, 1.165) is 11.3 Å². The second kappa shape index (κ2) is 7.19. The van der Waals surface area contributed by atoms with Crippen LogP contribution in [0, 0.1) is 0 Å². The first-order valence-electron chi connectivity index (χ1n) is 8.26. The molecule has 1 aliphatic heterocycles. The van der Waals surface area contributed by atoms with Crippen LogP contribution in [0.4, 0.5) is 5.69 Å². The molecule has 0 radical (unpaired) electrons. The number of carbonyl (C=O) groups is 1. The highest BCUT2D eigenvalue weighted by Gasteiger charge is 2.16. The molecule has 1 N–H and O–H groups in total. The molecule has 4 rings (SSSR count). The number of anilines is 1. The number of ether oxygens (including phenoxy) is 3. The first-order valence-corrected chi connectivity index (χ1v) is 8.26. The molecule has 3 aromatic rings. The quantitative estimate of drug-likeness (QED) is 0.750. The summed E-state index contributed by atoms with van der Waals surface area (Å²) >= 11 is 0. The van der Waals surface area contributed by atoms with Gasteiger partial charge in [-0.3, -0.25) is 4.79 Å². The van der Waals surface area contributed by atoms with Crippen LogP contribution < -0.4 is 19.5 Å². The van der Waals surface area contributed by atoms with E-state index in [2.05, 4.69) is 5.32 Å². The molecule has 0 spiro atoms. The number of benzene rings is 3. The van der Waals surface area contributed by atoms with Crippen molar-refractivity contribution in [2.45, 2.75) is 6.61 Å². The van der Waals surface area contributed by atoms with Gasteiger partial charge < -0.3 is 19.5 Å². The van der Waals surface area contributed by atoms with E-state index in [1.54, 1.807) is 18.2 Å². The monoisotopic (exact) mass is 347 g/mol. The lowest BCUT2D eigenvalue weighted by molar-refractivity contribution is 0.102. The molecule has 130 valence electrons. The number of amides is 1. The van der Waals surface area contributed by atoms with Gasteiger partial charge >= 0.3 is 0 Å². The molecule has 0 saturated heterocycles. The fourth-order valence-electron chi connectivity index (χ4n) is 2.62. The van der Waals surface area contributed by atoms with E-state index >= 15 is 0 Å². The van der Waals surface area contributed by atoms with E-state index in [0.29, 0.717) is 29.4 Å². The number of nitrogens with one attached hydrogen (secondary N) is 1. The Labute approximate surface area is 151 Å². The summed E-state index contributed by atoms with van der Waals surface area (Å²) in [6.45, 7) is 0.689. The summed E-state index contributed by atoms with van der Waals surface area (Å²) in [5.74, 6) is 1.78. The Kier molecular flexibility index (Phi) is 4.43. The molecular weight excluding hydrogens is 330 g/mol. The van der Waals surface area contributed by atoms with Crippen LogP contribution >= 0.6 is 0 Å². The van der Waals surface area contributed by atoms with Gasteiger partial charge in [0, 0.05) is 11.3 Å². The third-order valence-electron chi connectivity index (χ3n) is 4.00. The number of hydrogen-bond acceptors (Lipinski definition) is 4. The second-order valence-electron chi connectivity index (χ2n) is 5.82. The summed E-state index contributed by atoms with van der Waals surface area (Å²) in [7, 11) is 0. The lowest BCUT2D eigenvalue weighted by Crippen LogP contribution is -2.11. The van der Waals surface area contributed by atoms with Gasteiger partial charge in [-0.05, 0) is 48.0 Å². The van der Waals surface area contributed by atoms with Crippen molar-refractivity contribution in [3.05, 3.63) is 83.9 Å². The van der Waals surface area contributed by atoms with Crippen LogP contribution in [-0.4, -0.2) is 12.7 Å². The van der Waals surface area contributed by atoms with Crippen LogP contribution in [0.3, 0.4) is 0 Å². The number of carbonyl (C=O) groups excluding carboxylic acids is 1. The summed E-state index contributed by atoms with van der Waals surface area (Å²) in [6.07, 6.45) is 0. The van der Waals surface area contributed by atoms with Crippen LogP contribution in [0.5, 0.6) is 17.2 Å². The zero-order valence-corrected chi connectivity index (χ0v) is 14.0. The highest BCUT2D eigenvalue weighted by atomic mass is 16.7. The van der Waals surface area contributed by atoms with Crippen molar-refractivity contribution in [3.63, 3.8) is 0 Å². The Morgan fingerprint density at radius 1 is 0.923 bits per heavy atom. The molecule has 0 aliphatic carbocycles. The van der Waals surface area contributed by atoms with E-state index in [4.69, 9.17) is 14.2 Å².